The summed E-state index contributed by atoms with van der Waals surface area (Å²) in [5.74, 6) is 0.0687. The molecule has 0 unspecified atom stereocenters. The van der Waals surface area contributed by atoms with Crippen molar-refractivity contribution in [3.63, 3.8) is 0 Å². The average molecular weight is 669 g/mol. The molecule has 0 radical (unpaired) electrons. The number of carbonyl (C=O) groups excluding carboxylic acids is 1. The molecule has 0 aliphatic carbocycles. The van der Waals surface area contributed by atoms with Crippen LogP contribution in [0, 0.1) is 11.3 Å². The van der Waals surface area contributed by atoms with Crippen LogP contribution in [0.15, 0.2) is 36.4 Å². The number of alkyl halides is 3. The Labute approximate surface area is 276 Å². The standard InChI is InChI=1S/C33H36ClF3N8O2/c1-42-13-4-7-22(42)19-47-32-39-25-18-43(26-9-3-6-20-5-2-8-24(34)27(20)26)14-11-23(25)30(41-32)44-15-16-45(21(17-44)10-12-38)31(46)28-29(40-28)33(35,36)37/h2-3,5-6,8-9,21-22,28-29,40H,4,7,10-11,13-19H2,1H3/t21-,22-,28-,29-/m0/s1. The number of rotatable bonds is 7. The Morgan fingerprint density at radius 1 is 1.11 bits per heavy atom. The fourth-order valence-corrected chi connectivity index (χ4v) is 7.53. The third-order valence-electron chi connectivity index (χ3n) is 9.87. The quantitative estimate of drug-likeness (QED) is 0.371. The zero-order valence-electron chi connectivity index (χ0n) is 26.0. The molecule has 0 spiro atoms. The summed E-state index contributed by atoms with van der Waals surface area (Å²) in [5.41, 5.74) is 2.81. The fourth-order valence-electron chi connectivity index (χ4n) is 7.25. The van der Waals surface area contributed by atoms with Crippen LogP contribution in [0.4, 0.5) is 24.7 Å². The van der Waals surface area contributed by atoms with Gasteiger partial charge in [0, 0.05) is 48.9 Å². The van der Waals surface area contributed by atoms with Crippen LogP contribution in [0.2, 0.25) is 5.02 Å². The molecule has 3 aromatic rings. The summed E-state index contributed by atoms with van der Waals surface area (Å²) in [5, 5.41) is 14.6. The van der Waals surface area contributed by atoms with Gasteiger partial charge in [0.15, 0.2) is 0 Å². The van der Waals surface area contributed by atoms with E-state index in [4.69, 9.17) is 26.3 Å². The predicted molar refractivity (Wildman–Crippen MR) is 172 cm³/mol. The van der Waals surface area contributed by atoms with Gasteiger partial charge >= 0.3 is 12.2 Å². The predicted octanol–water partition coefficient (Wildman–Crippen LogP) is 4.15. The van der Waals surface area contributed by atoms with Gasteiger partial charge in [0.05, 0.1) is 35.8 Å². The first-order valence-corrected chi connectivity index (χ1v) is 16.4. The maximum absolute atomic E-state index is 13.2. The van der Waals surface area contributed by atoms with Crippen molar-refractivity contribution in [1.82, 2.24) is 25.1 Å². The molecule has 4 aliphatic rings. The highest BCUT2D eigenvalue weighted by atomic mass is 35.5. The highest BCUT2D eigenvalue weighted by Crippen LogP contribution is 2.38. The second-order valence-corrected chi connectivity index (χ2v) is 13.2. The number of fused-ring (bicyclic) bond motifs is 2. The lowest BCUT2D eigenvalue weighted by atomic mass is 10.0. The van der Waals surface area contributed by atoms with Crippen LogP contribution in [-0.4, -0.2) is 102 Å². The number of nitriles is 1. The number of hydrogen-bond donors (Lipinski definition) is 1. The van der Waals surface area contributed by atoms with Crippen LogP contribution in [0.25, 0.3) is 10.8 Å². The number of benzene rings is 2. The van der Waals surface area contributed by atoms with Gasteiger partial charge in [-0.2, -0.15) is 28.4 Å². The topological polar surface area (TPSA) is 111 Å². The van der Waals surface area contributed by atoms with E-state index in [2.05, 4.69) is 34.3 Å². The number of ether oxygens (including phenoxy) is 1. The molecule has 0 bridgehead atoms. The Bertz CT molecular complexity index is 1710. The summed E-state index contributed by atoms with van der Waals surface area (Å²) < 4.78 is 45.9. The average Bonchev–Trinajstić information content (AvgIpc) is 3.78. The molecule has 2 aromatic carbocycles. The lowest BCUT2D eigenvalue weighted by molar-refractivity contribution is -0.142. The molecule has 47 heavy (non-hydrogen) atoms. The largest absolute Gasteiger partial charge is 0.462 e. The zero-order chi connectivity index (χ0) is 32.9. The molecule has 1 amide bonds. The molecule has 1 N–H and O–H groups in total. The van der Waals surface area contributed by atoms with Crippen LogP contribution in [0.1, 0.15) is 30.5 Å². The first-order chi connectivity index (χ1) is 22.6. The van der Waals surface area contributed by atoms with Crippen LogP contribution in [0.5, 0.6) is 6.01 Å². The van der Waals surface area contributed by atoms with Crippen LogP contribution in [0.3, 0.4) is 0 Å². The number of anilines is 2. The van der Waals surface area contributed by atoms with Gasteiger partial charge in [0.1, 0.15) is 24.5 Å². The summed E-state index contributed by atoms with van der Waals surface area (Å²) in [7, 11) is 2.08. The van der Waals surface area contributed by atoms with Gasteiger partial charge < -0.3 is 24.3 Å². The van der Waals surface area contributed by atoms with Crippen molar-refractivity contribution in [3.8, 4) is 12.1 Å². The number of piperazine rings is 1. The van der Waals surface area contributed by atoms with E-state index in [1.807, 2.05) is 35.2 Å². The van der Waals surface area contributed by atoms with E-state index in [0.717, 1.165) is 47.1 Å². The number of hydrogen-bond acceptors (Lipinski definition) is 9. The van der Waals surface area contributed by atoms with Gasteiger partial charge in [-0.3, -0.25) is 10.1 Å². The molecular weight excluding hydrogens is 633 g/mol. The Balaban J connectivity index is 1.18. The van der Waals surface area contributed by atoms with Gasteiger partial charge in [-0.15, -0.1) is 0 Å². The van der Waals surface area contributed by atoms with Gasteiger partial charge in [0.25, 0.3) is 0 Å². The van der Waals surface area contributed by atoms with E-state index >= 15 is 0 Å². The first kappa shape index (κ1) is 31.7. The molecule has 1 aromatic heterocycles. The minimum absolute atomic E-state index is 0.00803. The number of nitrogens with zero attached hydrogens (tertiary/aromatic N) is 7. The van der Waals surface area contributed by atoms with Crippen molar-refractivity contribution in [3.05, 3.63) is 52.7 Å². The van der Waals surface area contributed by atoms with Gasteiger partial charge in [0.2, 0.25) is 5.91 Å². The molecule has 7 rings (SSSR count). The second-order valence-electron chi connectivity index (χ2n) is 12.8. The lowest BCUT2D eigenvalue weighted by Crippen LogP contribution is -2.57. The number of likely N-dealkylation sites (tertiary alicyclic amines) is 1. The Kier molecular flexibility index (Phi) is 8.53. The highest BCUT2D eigenvalue weighted by Gasteiger charge is 2.60. The Morgan fingerprint density at radius 2 is 1.91 bits per heavy atom. The summed E-state index contributed by atoms with van der Waals surface area (Å²) in [4.78, 5) is 30.9. The van der Waals surface area contributed by atoms with Gasteiger partial charge in [-0.1, -0.05) is 35.9 Å². The maximum Gasteiger partial charge on any atom is 0.405 e. The zero-order valence-corrected chi connectivity index (χ0v) is 26.8. The van der Waals surface area contributed by atoms with E-state index in [-0.39, 0.29) is 31.6 Å². The summed E-state index contributed by atoms with van der Waals surface area (Å²) >= 11 is 6.68. The Morgan fingerprint density at radius 3 is 2.64 bits per heavy atom. The van der Waals surface area contributed by atoms with Gasteiger partial charge in [-0.05, 0) is 50.4 Å². The SMILES string of the molecule is CN1CCC[C@H]1COc1nc2c(c(N3CCN(C(=O)[C@H]4N[C@@H]4C(F)(F)F)[C@@H](CC#N)C3)n1)CCN(c1cccc3cccc(Cl)c13)C2. The number of carbonyl (C=O) groups is 1. The van der Waals surface area contributed by atoms with Gasteiger partial charge in [-0.25, -0.2) is 0 Å². The van der Waals surface area contributed by atoms with E-state index in [1.54, 1.807) is 0 Å². The number of amides is 1. The van der Waals surface area contributed by atoms with Crippen molar-refractivity contribution in [1.29, 1.82) is 5.26 Å². The molecule has 3 saturated heterocycles. The fraction of sp³-hybridized carbons (Fsp3) is 0.515. The molecule has 0 saturated carbocycles. The number of aromatic nitrogens is 2. The van der Waals surface area contributed by atoms with E-state index in [9.17, 15) is 23.2 Å². The summed E-state index contributed by atoms with van der Waals surface area (Å²) in [6, 6.07) is 10.9. The third kappa shape index (κ3) is 6.26. The number of likely N-dealkylation sites (N-methyl/N-ethyl adjacent to an activating group) is 1. The first-order valence-electron chi connectivity index (χ1n) is 16.0. The smallest absolute Gasteiger partial charge is 0.405 e. The molecule has 4 atom stereocenters. The van der Waals surface area contributed by atoms with E-state index in [0.29, 0.717) is 43.5 Å². The van der Waals surface area contributed by atoms with Crippen LogP contribution < -0.4 is 19.9 Å². The van der Waals surface area contributed by atoms with Crippen molar-refractivity contribution < 1.29 is 22.7 Å². The second kappa shape index (κ2) is 12.6. The highest BCUT2D eigenvalue weighted by molar-refractivity contribution is 6.36. The lowest BCUT2D eigenvalue weighted by Gasteiger charge is -2.42. The van der Waals surface area contributed by atoms with Crippen molar-refractivity contribution >= 4 is 39.8 Å². The van der Waals surface area contributed by atoms with Crippen LogP contribution >= 0.6 is 11.6 Å². The summed E-state index contributed by atoms with van der Waals surface area (Å²) in [6.45, 7) is 3.44. The molecule has 4 aliphatic heterocycles. The summed E-state index contributed by atoms with van der Waals surface area (Å²) in [6.07, 6.45) is -1.74. The molecule has 248 valence electrons. The van der Waals surface area contributed by atoms with E-state index in [1.165, 1.54) is 4.90 Å². The normalized spacial score (nSPS) is 24.7. The Hall–Kier alpha value is -3.86. The molecule has 10 nitrogen and oxygen atoms in total. The molecule has 5 heterocycles. The van der Waals surface area contributed by atoms with Crippen molar-refractivity contribution in [2.24, 2.45) is 0 Å². The van der Waals surface area contributed by atoms with Crippen molar-refractivity contribution in [2.75, 3.05) is 56.2 Å². The van der Waals surface area contributed by atoms with Crippen molar-refractivity contribution in [2.45, 2.75) is 62.6 Å². The number of halogens is 4. The monoisotopic (exact) mass is 668 g/mol. The minimum Gasteiger partial charge on any atom is -0.462 e. The molecular formula is C33H36ClF3N8O2. The van der Waals surface area contributed by atoms with Crippen LogP contribution in [-0.2, 0) is 17.8 Å². The third-order valence-corrected chi connectivity index (χ3v) is 10.2. The number of nitrogens with one attached hydrogen (secondary N) is 1. The minimum atomic E-state index is -4.50. The van der Waals surface area contributed by atoms with E-state index < -0.39 is 30.2 Å². The molecule has 3 fully saturated rings. The molecule has 14 heteroatoms. The maximum atomic E-state index is 13.2.